The highest BCUT2D eigenvalue weighted by molar-refractivity contribution is 7.20. The largest absolute Gasteiger partial charge is 0.336 e. The predicted molar refractivity (Wildman–Crippen MR) is 70.4 cm³/mol. The monoisotopic (exact) mass is 300 g/mol. The lowest BCUT2D eigenvalue weighted by Gasteiger charge is -2.27. The molecule has 1 fully saturated rings. The quantitative estimate of drug-likeness (QED) is 0.864. The Labute approximate surface area is 114 Å². The molecule has 1 N–H and O–H groups in total. The van der Waals surface area contributed by atoms with E-state index in [1.165, 1.54) is 11.3 Å². The van der Waals surface area contributed by atoms with Gasteiger partial charge >= 0.3 is 0 Å². The van der Waals surface area contributed by atoms with Crippen molar-refractivity contribution in [2.24, 2.45) is 0 Å². The SMILES string of the molecule is Cl.O=C(c1cc(Cl)sc1Cl)N1CCNCC1. The van der Waals surface area contributed by atoms with Crippen molar-refractivity contribution >= 4 is 52.9 Å². The Morgan fingerprint density at radius 2 is 2.00 bits per heavy atom. The van der Waals surface area contributed by atoms with E-state index in [9.17, 15) is 4.79 Å². The topological polar surface area (TPSA) is 32.3 Å². The average molecular weight is 302 g/mol. The molecule has 2 rings (SSSR count). The molecule has 0 aliphatic carbocycles. The fraction of sp³-hybridized carbons (Fsp3) is 0.444. The number of hydrogen-bond donors (Lipinski definition) is 1. The number of carbonyl (C=O) groups excluding carboxylic acids is 1. The Hall–Kier alpha value is -0.000000000000000104. The standard InChI is InChI=1S/C9H10Cl2N2OS.ClH/c10-7-5-6(8(11)15-7)9(14)13-3-1-12-2-4-13;/h5,12H,1-4H2;1H. The number of hydrogen-bond acceptors (Lipinski definition) is 3. The van der Waals surface area contributed by atoms with Crippen molar-refractivity contribution < 1.29 is 4.79 Å². The van der Waals surface area contributed by atoms with Gasteiger partial charge in [-0.1, -0.05) is 23.2 Å². The number of thiophene rings is 1. The van der Waals surface area contributed by atoms with Crippen LogP contribution in [-0.4, -0.2) is 37.0 Å². The summed E-state index contributed by atoms with van der Waals surface area (Å²) in [6.45, 7) is 3.12. The number of amides is 1. The summed E-state index contributed by atoms with van der Waals surface area (Å²) in [5.41, 5.74) is 0.522. The van der Waals surface area contributed by atoms with Crippen molar-refractivity contribution in [1.82, 2.24) is 10.2 Å². The lowest BCUT2D eigenvalue weighted by atomic mass is 10.2. The van der Waals surface area contributed by atoms with Crippen LogP contribution in [0.2, 0.25) is 8.67 Å². The van der Waals surface area contributed by atoms with E-state index >= 15 is 0 Å². The van der Waals surface area contributed by atoms with Crippen LogP contribution in [0.5, 0.6) is 0 Å². The number of nitrogens with zero attached hydrogens (tertiary/aromatic N) is 1. The molecule has 0 spiro atoms. The minimum absolute atomic E-state index is 0. The number of carbonyl (C=O) groups is 1. The van der Waals surface area contributed by atoms with Crippen molar-refractivity contribution in [2.75, 3.05) is 26.2 Å². The third-order valence-electron chi connectivity index (χ3n) is 2.29. The second-order valence-electron chi connectivity index (χ2n) is 3.28. The Kier molecular flexibility index (Phi) is 5.34. The highest BCUT2D eigenvalue weighted by Crippen LogP contribution is 2.31. The van der Waals surface area contributed by atoms with Crippen molar-refractivity contribution in [3.8, 4) is 0 Å². The first-order valence-electron chi connectivity index (χ1n) is 4.63. The molecule has 90 valence electrons. The van der Waals surface area contributed by atoms with Gasteiger partial charge in [-0.3, -0.25) is 4.79 Å². The summed E-state index contributed by atoms with van der Waals surface area (Å²) >= 11 is 13.0. The Bertz CT molecular complexity index is 377. The van der Waals surface area contributed by atoms with Gasteiger partial charge in [0.1, 0.15) is 4.34 Å². The van der Waals surface area contributed by atoms with Gasteiger partial charge in [-0.2, -0.15) is 0 Å². The van der Waals surface area contributed by atoms with Gasteiger partial charge < -0.3 is 10.2 Å². The lowest BCUT2D eigenvalue weighted by molar-refractivity contribution is 0.0736. The van der Waals surface area contributed by atoms with Gasteiger partial charge in [-0.15, -0.1) is 23.7 Å². The van der Waals surface area contributed by atoms with Crippen LogP contribution in [0.25, 0.3) is 0 Å². The number of piperazine rings is 1. The Morgan fingerprint density at radius 1 is 1.38 bits per heavy atom. The molecule has 7 heteroatoms. The zero-order valence-electron chi connectivity index (χ0n) is 8.33. The molecule has 0 aromatic carbocycles. The van der Waals surface area contributed by atoms with E-state index < -0.39 is 0 Å². The van der Waals surface area contributed by atoms with E-state index in [2.05, 4.69) is 5.32 Å². The van der Waals surface area contributed by atoms with Crippen LogP contribution >= 0.6 is 46.9 Å². The summed E-state index contributed by atoms with van der Waals surface area (Å²) in [5.74, 6) is -0.0235. The molecule has 1 amide bonds. The maximum absolute atomic E-state index is 12.0. The molecule has 1 aliphatic rings. The first-order valence-corrected chi connectivity index (χ1v) is 6.20. The summed E-state index contributed by atoms with van der Waals surface area (Å²) in [4.78, 5) is 13.8. The van der Waals surface area contributed by atoms with Gasteiger partial charge in [0.05, 0.1) is 9.90 Å². The van der Waals surface area contributed by atoms with Crippen molar-refractivity contribution in [2.45, 2.75) is 0 Å². The smallest absolute Gasteiger partial charge is 0.256 e. The van der Waals surface area contributed by atoms with E-state index in [0.29, 0.717) is 14.2 Å². The fourth-order valence-electron chi connectivity index (χ4n) is 1.52. The Balaban J connectivity index is 0.00000128. The molecular weight excluding hydrogens is 291 g/mol. The second-order valence-corrected chi connectivity index (χ2v) is 5.57. The number of rotatable bonds is 1. The molecule has 0 bridgehead atoms. The van der Waals surface area contributed by atoms with E-state index in [-0.39, 0.29) is 18.3 Å². The van der Waals surface area contributed by atoms with Crippen molar-refractivity contribution in [3.05, 3.63) is 20.3 Å². The molecule has 0 radical (unpaired) electrons. The molecule has 0 unspecified atom stereocenters. The van der Waals surface area contributed by atoms with E-state index in [4.69, 9.17) is 23.2 Å². The molecule has 0 atom stereocenters. The minimum Gasteiger partial charge on any atom is -0.336 e. The van der Waals surface area contributed by atoms with Crippen LogP contribution in [0, 0.1) is 0 Å². The maximum atomic E-state index is 12.0. The summed E-state index contributed by atoms with van der Waals surface area (Å²) < 4.78 is 1.03. The molecule has 1 saturated heterocycles. The summed E-state index contributed by atoms with van der Waals surface area (Å²) in [6, 6.07) is 1.64. The summed E-state index contributed by atoms with van der Waals surface area (Å²) in [5, 5.41) is 3.19. The minimum atomic E-state index is -0.0235. The maximum Gasteiger partial charge on any atom is 0.256 e. The molecule has 0 saturated carbocycles. The normalized spacial score (nSPS) is 15.8. The van der Waals surface area contributed by atoms with Gasteiger partial charge in [0.2, 0.25) is 0 Å². The zero-order chi connectivity index (χ0) is 10.8. The first kappa shape index (κ1) is 14.1. The van der Waals surface area contributed by atoms with Crippen LogP contribution < -0.4 is 5.32 Å². The van der Waals surface area contributed by atoms with E-state index in [1.807, 2.05) is 0 Å². The zero-order valence-corrected chi connectivity index (χ0v) is 11.5. The molecular formula is C9H11Cl3N2OS. The van der Waals surface area contributed by atoms with Gasteiger partial charge in [0.15, 0.2) is 0 Å². The van der Waals surface area contributed by atoms with Gasteiger partial charge in [0, 0.05) is 26.2 Å². The first-order chi connectivity index (χ1) is 7.18. The predicted octanol–water partition coefficient (Wildman–Crippen LogP) is 2.52. The third kappa shape index (κ3) is 3.02. The average Bonchev–Trinajstić information content (AvgIpc) is 2.58. The second kappa shape index (κ2) is 6.07. The third-order valence-corrected chi connectivity index (χ3v) is 3.78. The van der Waals surface area contributed by atoms with Crippen LogP contribution in [0.4, 0.5) is 0 Å². The van der Waals surface area contributed by atoms with Crippen LogP contribution in [0.3, 0.4) is 0 Å². The Morgan fingerprint density at radius 3 is 2.50 bits per heavy atom. The molecule has 16 heavy (non-hydrogen) atoms. The highest BCUT2D eigenvalue weighted by atomic mass is 35.5. The van der Waals surface area contributed by atoms with Crippen LogP contribution in [0.15, 0.2) is 6.07 Å². The fourth-order valence-corrected chi connectivity index (χ4v) is 2.97. The van der Waals surface area contributed by atoms with Gasteiger partial charge in [-0.05, 0) is 6.07 Å². The van der Waals surface area contributed by atoms with E-state index in [1.54, 1.807) is 11.0 Å². The number of halogens is 3. The molecule has 2 heterocycles. The van der Waals surface area contributed by atoms with Crippen LogP contribution in [0.1, 0.15) is 10.4 Å². The van der Waals surface area contributed by atoms with E-state index in [0.717, 1.165) is 26.2 Å². The summed E-state index contributed by atoms with van der Waals surface area (Å²) in [7, 11) is 0. The molecule has 1 aromatic rings. The van der Waals surface area contributed by atoms with Crippen molar-refractivity contribution in [1.29, 1.82) is 0 Å². The highest BCUT2D eigenvalue weighted by Gasteiger charge is 2.21. The number of nitrogens with one attached hydrogen (secondary N) is 1. The summed E-state index contributed by atoms with van der Waals surface area (Å²) in [6.07, 6.45) is 0. The molecule has 3 nitrogen and oxygen atoms in total. The molecule has 1 aliphatic heterocycles. The molecule has 1 aromatic heterocycles. The van der Waals surface area contributed by atoms with Crippen molar-refractivity contribution in [3.63, 3.8) is 0 Å². The van der Waals surface area contributed by atoms with Gasteiger partial charge in [0.25, 0.3) is 5.91 Å². The van der Waals surface area contributed by atoms with Crippen LogP contribution in [-0.2, 0) is 0 Å². The van der Waals surface area contributed by atoms with Gasteiger partial charge in [-0.25, -0.2) is 0 Å². The lowest BCUT2D eigenvalue weighted by Crippen LogP contribution is -2.46.